The Bertz CT molecular complexity index is 207. The zero-order valence-electron chi connectivity index (χ0n) is 26.1. The lowest BCUT2D eigenvalue weighted by molar-refractivity contribution is 0.612. The van der Waals surface area contributed by atoms with E-state index in [2.05, 4.69) is 27.7 Å². The van der Waals surface area contributed by atoms with Crippen LogP contribution in [0.25, 0.3) is 0 Å². The third-order valence-electron chi connectivity index (χ3n) is 6.23. The monoisotopic (exact) mass is 517 g/mol. The molecule has 0 radical (unpaired) electrons. The highest BCUT2D eigenvalue weighted by molar-refractivity contribution is 4.45. The standard InChI is InChI=1S/4C8H19N/c4*1-2-3-4-5-6-7-8-9/h4*2-9H2,1H3. The predicted molar refractivity (Wildman–Crippen MR) is 170 cm³/mol. The molecule has 8 N–H and O–H groups in total. The zero-order valence-corrected chi connectivity index (χ0v) is 26.1. The minimum atomic E-state index is 0.867. The first-order valence-electron chi connectivity index (χ1n) is 16.5. The summed E-state index contributed by atoms with van der Waals surface area (Å²) in [7, 11) is 0. The molecule has 0 aromatic carbocycles. The van der Waals surface area contributed by atoms with Gasteiger partial charge >= 0.3 is 0 Å². The van der Waals surface area contributed by atoms with Crippen molar-refractivity contribution in [3.8, 4) is 0 Å². The molecule has 4 nitrogen and oxygen atoms in total. The summed E-state index contributed by atoms with van der Waals surface area (Å²) in [5, 5.41) is 0. The number of hydrogen-bond acceptors (Lipinski definition) is 4. The van der Waals surface area contributed by atoms with E-state index in [9.17, 15) is 0 Å². The number of nitrogens with two attached hydrogens (primary N) is 4. The van der Waals surface area contributed by atoms with Crippen molar-refractivity contribution in [2.24, 2.45) is 22.9 Å². The van der Waals surface area contributed by atoms with E-state index < -0.39 is 0 Å². The predicted octanol–water partition coefficient (Wildman–Crippen LogP) is 9.22. The summed E-state index contributed by atoms with van der Waals surface area (Å²) in [5.41, 5.74) is 21.4. The molecule has 224 valence electrons. The van der Waals surface area contributed by atoms with Crippen molar-refractivity contribution >= 4 is 0 Å². The summed E-state index contributed by atoms with van der Waals surface area (Å²) in [5.74, 6) is 0. The van der Waals surface area contributed by atoms with Gasteiger partial charge in [-0.2, -0.15) is 0 Å². The van der Waals surface area contributed by atoms with Crippen LogP contribution in [0.2, 0.25) is 0 Å². The molecule has 0 rings (SSSR count). The Morgan fingerprint density at radius 1 is 0.222 bits per heavy atom. The SMILES string of the molecule is CCCCCCCCN.CCCCCCCCN.CCCCCCCCN.CCCCCCCCN. The molecule has 36 heavy (non-hydrogen) atoms. The summed E-state index contributed by atoms with van der Waals surface area (Å²) < 4.78 is 0. The molecule has 0 unspecified atom stereocenters. The van der Waals surface area contributed by atoms with E-state index in [-0.39, 0.29) is 0 Å². The van der Waals surface area contributed by atoms with Gasteiger partial charge in [-0.3, -0.25) is 0 Å². The van der Waals surface area contributed by atoms with Gasteiger partial charge in [0.05, 0.1) is 0 Å². The van der Waals surface area contributed by atoms with E-state index >= 15 is 0 Å². The molecule has 0 saturated carbocycles. The molecule has 0 aromatic heterocycles. The van der Waals surface area contributed by atoms with Crippen molar-refractivity contribution in [1.82, 2.24) is 0 Å². The summed E-state index contributed by atoms with van der Waals surface area (Å²) >= 11 is 0. The van der Waals surface area contributed by atoms with Crippen LogP contribution in [0.4, 0.5) is 0 Å². The molecule has 0 aliphatic rings. The van der Waals surface area contributed by atoms with Crippen LogP contribution in [0.1, 0.15) is 182 Å². The van der Waals surface area contributed by atoms with Gasteiger partial charge in [-0.1, -0.05) is 156 Å². The molecule has 0 atom stereocenters. The van der Waals surface area contributed by atoms with Crippen molar-refractivity contribution in [3.63, 3.8) is 0 Å². The minimum Gasteiger partial charge on any atom is -0.330 e. The van der Waals surface area contributed by atoms with Gasteiger partial charge in [-0.15, -0.1) is 0 Å². The lowest BCUT2D eigenvalue weighted by Crippen LogP contribution is -1.97. The third-order valence-corrected chi connectivity index (χ3v) is 6.23. The van der Waals surface area contributed by atoms with Gasteiger partial charge in [0.15, 0.2) is 0 Å². The molecule has 0 aromatic rings. The first-order valence-corrected chi connectivity index (χ1v) is 16.5. The lowest BCUT2D eigenvalue weighted by atomic mass is 10.1. The Hall–Kier alpha value is -0.160. The van der Waals surface area contributed by atoms with Crippen LogP contribution in [-0.4, -0.2) is 26.2 Å². The van der Waals surface area contributed by atoms with Gasteiger partial charge in [-0.05, 0) is 51.9 Å². The number of hydrogen-bond donors (Lipinski definition) is 4. The zero-order chi connectivity index (χ0) is 27.8. The van der Waals surface area contributed by atoms with E-state index in [1.165, 1.54) is 154 Å². The fourth-order valence-electron chi connectivity index (χ4n) is 3.70. The molecule has 0 aliphatic heterocycles. The average molecular weight is 517 g/mol. The first-order chi connectivity index (χ1) is 17.7. The molecule has 0 bridgehead atoms. The van der Waals surface area contributed by atoms with Gasteiger partial charge in [0.1, 0.15) is 0 Å². The van der Waals surface area contributed by atoms with Crippen LogP contribution in [0.5, 0.6) is 0 Å². The van der Waals surface area contributed by atoms with Crippen molar-refractivity contribution in [1.29, 1.82) is 0 Å². The first kappa shape index (κ1) is 42.9. The molecule has 0 fully saturated rings. The molecule has 0 saturated heterocycles. The van der Waals surface area contributed by atoms with Gasteiger partial charge in [-0.25, -0.2) is 0 Å². The van der Waals surface area contributed by atoms with E-state index in [0.29, 0.717) is 0 Å². The Kier molecular flexibility index (Phi) is 61.4. The van der Waals surface area contributed by atoms with Crippen LogP contribution in [-0.2, 0) is 0 Å². The molecule has 0 spiro atoms. The van der Waals surface area contributed by atoms with Crippen LogP contribution < -0.4 is 22.9 Å². The molecule has 0 aliphatic carbocycles. The van der Waals surface area contributed by atoms with Crippen LogP contribution in [0.3, 0.4) is 0 Å². The van der Waals surface area contributed by atoms with Crippen molar-refractivity contribution in [3.05, 3.63) is 0 Å². The van der Waals surface area contributed by atoms with Gasteiger partial charge < -0.3 is 22.9 Å². The van der Waals surface area contributed by atoms with E-state index in [1.54, 1.807) is 0 Å². The van der Waals surface area contributed by atoms with E-state index in [1.807, 2.05) is 0 Å². The summed E-state index contributed by atoms with van der Waals surface area (Å²) in [6, 6.07) is 0. The quantitative estimate of drug-likeness (QED) is 0.0959. The maximum Gasteiger partial charge on any atom is -0.00773 e. The molecular weight excluding hydrogens is 440 g/mol. The highest BCUT2D eigenvalue weighted by atomic mass is 14.5. The number of rotatable bonds is 24. The second kappa shape index (κ2) is 51.5. The van der Waals surface area contributed by atoms with Crippen molar-refractivity contribution < 1.29 is 0 Å². The second-order valence-electron chi connectivity index (χ2n) is 10.2. The van der Waals surface area contributed by atoms with Gasteiger partial charge in [0.2, 0.25) is 0 Å². The van der Waals surface area contributed by atoms with Gasteiger partial charge in [0.25, 0.3) is 0 Å². The normalized spacial score (nSPS) is 10.0. The van der Waals surface area contributed by atoms with Gasteiger partial charge in [0, 0.05) is 0 Å². The fraction of sp³-hybridized carbons (Fsp3) is 1.00. The van der Waals surface area contributed by atoms with Crippen molar-refractivity contribution in [2.75, 3.05) is 26.2 Å². The van der Waals surface area contributed by atoms with Crippen LogP contribution in [0, 0.1) is 0 Å². The smallest absolute Gasteiger partial charge is 0.00773 e. The Balaban J connectivity index is -0.000000190. The van der Waals surface area contributed by atoms with Crippen LogP contribution >= 0.6 is 0 Å². The van der Waals surface area contributed by atoms with E-state index in [4.69, 9.17) is 22.9 Å². The topological polar surface area (TPSA) is 104 Å². The van der Waals surface area contributed by atoms with Crippen LogP contribution in [0.15, 0.2) is 0 Å². The average Bonchev–Trinajstić information content (AvgIpc) is 2.90. The van der Waals surface area contributed by atoms with Crippen molar-refractivity contribution in [2.45, 2.75) is 182 Å². The highest BCUT2D eigenvalue weighted by Crippen LogP contribution is 2.05. The lowest BCUT2D eigenvalue weighted by Gasteiger charge is -1.96. The molecule has 0 amide bonds. The summed E-state index contributed by atoms with van der Waals surface area (Å²) in [6.45, 7) is 12.4. The second-order valence-corrected chi connectivity index (χ2v) is 10.2. The Labute approximate surface area is 230 Å². The summed E-state index contributed by atoms with van der Waals surface area (Å²) in [6.07, 6.45) is 32.2. The summed E-state index contributed by atoms with van der Waals surface area (Å²) in [4.78, 5) is 0. The maximum atomic E-state index is 5.34. The molecule has 4 heteroatoms. The minimum absolute atomic E-state index is 0.867. The van der Waals surface area contributed by atoms with E-state index in [0.717, 1.165) is 26.2 Å². The molecular formula is C32H76N4. The largest absolute Gasteiger partial charge is 0.330 e. The fourth-order valence-corrected chi connectivity index (χ4v) is 3.70. The Morgan fingerprint density at radius 3 is 0.500 bits per heavy atom. The molecule has 0 heterocycles. The third kappa shape index (κ3) is 64.2. The maximum absolute atomic E-state index is 5.34. The Morgan fingerprint density at radius 2 is 0.361 bits per heavy atom. The highest BCUT2D eigenvalue weighted by Gasteiger charge is 1.88. The number of unbranched alkanes of at least 4 members (excludes halogenated alkanes) is 20.